The molecular formula is C14H14N2O3. The second-order valence-corrected chi connectivity index (χ2v) is 5.28. The zero-order valence-corrected chi connectivity index (χ0v) is 10.8. The SMILES string of the molecule is CC1(C)OC(=O)C2=C1NC(=O)C[C@@H]2c1cccnc1. The first kappa shape index (κ1) is 11.9. The van der Waals surface area contributed by atoms with E-state index in [1.165, 1.54) is 0 Å². The number of carbonyl (C=O) groups is 2. The molecule has 3 heterocycles. The number of hydrogen-bond acceptors (Lipinski definition) is 4. The topological polar surface area (TPSA) is 68.3 Å². The molecule has 2 aliphatic heterocycles. The normalized spacial score (nSPS) is 24.8. The maximum absolute atomic E-state index is 12.1. The fraction of sp³-hybridized carbons (Fsp3) is 0.357. The Bertz CT molecular complexity index is 590. The number of carbonyl (C=O) groups excluding carboxylic acids is 2. The van der Waals surface area contributed by atoms with Crippen molar-refractivity contribution in [1.82, 2.24) is 10.3 Å². The van der Waals surface area contributed by atoms with Gasteiger partial charge in [-0.2, -0.15) is 0 Å². The van der Waals surface area contributed by atoms with Crippen LogP contribution in [0.15, 0.2) is 35.8 Å². The highest BCUT2D eigenvalue weighted by atomic mass is 16.6. The monoisotopic (exact) mass is 258 g/mol. The van der Waals surface area contributed by atoms with Crippen molar-refractivity contribution in [2.75, 3.05) is 0 Å². The van der Waals surface area contributed by atoms with Crippen LogP contribution in [-0.4, -0.2) is 22.5 Å². The van der Waals surface area contributed by atoms with Gasteiger partial charge < -0.3 is 10.1 Å². The average molecular weight is 258 g/mol. The fourth-order valence-corrected chi connectivity index (χ4v) is 2.64. The molecule has 1 N–H and O–H groups in total. The van der Waals surface area contributed by atoms with Crippen LogP contribution in [0.4, 0.5) is 0 Å². The Labute approximate surface area is 110 Å². The second kappa shape index (κ2) is 3.91. The molecule has 0 unspecified atom stereocenters. The molecule has 0 saturated heterocycles. The molecule has 0 spiro atoms. The van der Waals surface area contributed by atoms with E-state index in [1.807, 2.05) is 6.07 Å². The lowest BCUT2D eigenvalue weighted by Gasteiger charge is -2.26. The summed E-state index contributed by atoms with van der Waals surface area (Å²) in [6.45, 7) is 3.55. The maximum atomic E-state index is 12.1. The van der Waals surface area contributed by atoms with E-state index in [9.17, 15) is 9.59 Å². The zero-order valence-electron chi connectivity index (χ0n) is 10.8. The molecule has 1 aromatic rings. The van der Waals surface area contributed by atoms with Crippen molar-refractivity contribution in [1.29, 1.82) is 0 Å². The molecule has 1 amide bonds. The third kappa shape index (κ3) is 1.82. The minimum atomic E-state index is -0.775. The van der Waals surface area contributed by atoms with Crippen molar-refractivity contribution in [3.05, 3.63) is 41.4 Å². The fourth-order valence-electron chi connectivity index (χ4n) is 2.64. The standard InChI is InChI=1S/C14H14N2O3/c1-14(2)12-11(13(18)19-14)9(6-10(17)16-12)8-4-3-5-15-7-8/h3-5,7,9H,6H2,1-2H3,(H,16,17)/t9-/m1/s1. The Hall–Kier alpha value is -2.17. The highest BCUT2D eigenvalue weighted by Crippen LogP contribution is 2.42. The van der Waals surface area contributed by atoms with E-state index >= 15 is 0 Å². The minimum Gasteiger partial charge on any atom is -0.450 e. The quantitative estimate of drug-likeness (QED) is 0.770. The van der Waals surface area contributed by atoms with E-state index in [2.05, 4.69) is 10.3 Å². The van der Waals surface area contributed by atoms with Crippen molar-refractivity contribution >= 4 is 11.9 Å². The molecular weight excluding hydrogens is 244 g/mol. The van der Waals surface area contributed by atoms with Gasteiger partial charge in [-0.25, -0.2) is 4.79 Å². The third-order valence-electron chi connectivity index (χ3n) is 3.53. The number of nitrogens with zero attached hydrogens (tertiary/aromatic N) is 1. The number of pyridine rings is 1. The van der Waals surface area contributed by atoms with Crippen LogP contribution in [0.5, 0.6) is 0 Å². The zero-order chi connectivity index (χ0) is 13.6. The lowest BCUT2D eigenvalue weighted by atomic mass is 9.83. The van der Waals surface area contributed by atoms with Crippen LogP contribution >= 0.6 is 0 Å². The summed E-state index contributed by atoms with van der Waals surface area (Å²) in [5, 5.41) is 2.77. The van der Waals surface area contributed by atoms with Gasteiger partial charge in [0, 0.05) is 24.7 Å². The van der Waals surface area contributed by atoms with Gasteiger partial charge in [0.25, 0.3) is 0 Å². The van der Waals surface area contributed by atoms with Crippen molar-refractivity contribution in [3.63, 3.8) is 0 Å². The van der Waals surface area contributed by atoms with Crippen LogP contribution in [0.3, 0.4) is 0 Å². The maximum Gasteiger partial charge on any atom is 0.337 e. The molecule has 0 aliphatic carbocycles. The Morgan fingerprint density at radius 2 is 2.21 bits per heavy atom. The molecule has 1 atom stereocenters. The number of amides is 1. The van der Waals surface area contributed by atoms with Crippen LogP contribution in [-0.2, 0) is 14.3 Å². The van der Waals surface area contributed by atoms with E-state index in [0.29, 0.717) is 11.3 Å². The van der Waals surface area contributed by atoms with Gasteiger partial charge in [0.2, 0.25) is 5.91 Å². The molecule has 0 fully saturated rings. The third-order valence-corrected chi connectivity index (χ3v) is 3.53. The van der Waals surface area contributed by atoms with E-state index in [4.69, 9.17) is 4.74 Å². The molecule has 0 radical (unpaired) electrons. The number of ether oxygens (including phenoxy) is 1. The van der Waals surface area contributed by atoms with Gasteiger partial charge >= 0.3 is 5.97 Å². The van der Waals surface area contributed by atoms with Crippen LogP contribution in [0.1, 0.15) is 31.7 Å². The lowest BCUT2D eigenvalue weighted by Crippen LogP contribution is -2.38. The summed E-state index contributed by atoms with van der Waals surface area (Å²) in [7, 11) is 0. The molecule has 19 heavy (non-hydrogen) atoms. The summed E-state index contributed by atoms with van der Waals surface area (Å²) in [6.07, 6.45) is 3.60. The van der Waals surface area contributed by atoms with E-state index < -0.39 is 5.60 Å². The Morgan fingerprint density at radius 1 is 1.42 bits per heavy atom. The molecule has 98 valence electrons. The molecule has 0 saturated carbocycles. The summed E-state index contributed by atoms with van der Waals surface area (Å²) in [5.74, 6) is -0.723. The van der Waals surface area contributed by atoms with Gasteiger partial charge in [-0.15, -0.1) is 0 Å². The lowest BCUT2D eigenvalue weighted by molar-refractivity contribution is -0.144. The number of nitrogens with one attached hydrogen (secondary N) is 1. The van der Waals surface area contributed by atoms with E-state index in [-0.39, 0.29) is 24.2 Å². The van der Waals surface area contributed by atoms with E-state index in [0.717, 1.165) is 5.56 Å². The number of aromatic nitrogens is 1. The number of hydrogen-bond donors (Lipinski definition) is 1. The van der Waals surface area contributed by atoms with Crippen molar-refractivity contribution in [3.8, 4) is 0 Å². The first-order valence-electron chi connectivity index (χ1n) is 6.17. The smallest absolute Gasteiger partial charge is 0.337 e. The minimum absolute atomic E-state index is 0.0982. The molecule has 5 nitrogen and oxygen atoms in total. The van der Waals surface area contributed by atoms with Crippen molar-refractivity contribution in [2.45, 2.75) is 31.8 Å². The van der Waals surface area contributed by atoms with Gasteiger partial charge in [0.1, 0.15) is 5.60 Å². The van der Waals surface area contributed by atoms with Gasteiger partial charge in [0.05, 0.1) is 11.3 Å². The van der Waals surface area contributed by atoms with Crippen LogP contribution in [0.25, 0.3) is 0 Å². The van der Waals surface area contributed by atoms with Crippen molar-refractivity contribution < 1.29 is 14.3 Å². The van der Waals surface area contributed by atoms with Crippen LogP contribution in [0.2, 0.25) is 0 Å². The molecule has 0 bridgehead atoms. The van der Waals surface area contributed by atoms with Crippen LogP contribution in [0, 0.1) is 0 Å². The highest BCUT2D eigenvalue weighted by molar-refractivity contribution is 5.99. The van der Waals surface area contributed by atoms with Gasteiger partial charge in [-0.1, -0.05) is 6.07 Å². The van der Waals surface area contributed by atoms with Crippen molar-refractivity contribution in [2.24, 2.45) is 0 Å². The Morgan fingerprint density at radius 3 is 2.89 bits per heavy atom. The predicted molar refractivity (Wildman–Crippen MR) is 66.9 cm³/mol. The summed E-state index contributed by atoms with van der Waals surface area (Å²) in [6, 6.07) is 3.67. The first-order chi connectivity index (χ1) is 8.99. The highest BCUT2D eigenvalue weighted by Gasteiger charge is 2.47. The second-order valence-electron chi connectivity index (χ2n) is 5.28. The molecule has 5 heteroatoms. The van der Waals surface area contributed by atoms with Gasteiger partial charge in [-0.05, 0) is 25.5 Å². The van der Waals surface area contributed by atoms with Crippen LogP contribution < -0.4 is 5.32 Å². The molecule has 2 aliphatic rings. The summed E-state index contributed by atoms with van der Waals surface area (Å²) >= 11 is 0. The Balaban J connectivity index is 2.13. The summed E-state index contributed by atoms with van der Waals surface area (Å²) in [5.41, 5.74) is 1.22. The molecule has 3 rings (SSSR count). The van der Waals surface area contributed by atoms with Gasteiger partial charge in [-0.3, -0.25) is 9.78 Å². The number of rotatable bonds is 1. The molecule has 1 aromatic heterocycles. The largest absolute Gasteiger partial charge is 0.450 e. The number of esters is 1. The Kier molecular flexibility index (Phi) is 2.45. The van der Waals surface area contributed by atoms with Gasteiger partial charge in [0.15, 0.2) is 0 Å². The number of cyclic esters (lactones) is 1. The van der Waals surface area contributed by atoms with E-state index in [1.54, 1.807) is 32.3 Å². The average Bonchev–Trinajstić information content (AvgIpc) is 2.60. The molecule has 0 aromatic carbocycles. The summed E-state index contributed by atoms with van der Waals surface area (Å²) < 4.78 is 5.35. The predicted octanol–water partition coefficient (Wildman–Crippen LogP) is 1.27. The first-order valence-corrected chi connectivity index (χ1v) is 6.17. The summed E-state index contributed by atoms with van der Waals surface area (Å²) in [4.78, 5) is 28.0.